The van der Waals surface area contributed by atoms with Crippen LogP contribution in [0.3, 0.4) is 0 Å². The van der Waals surface area contributed by atoms with E-state index < -0.39 is 17.6 Å². The molecule has 1 aromatic heterocycles. The Morgan fingerprint density at radius 3 is 2.32 bits per heavy atom. The van der Waals surface area contributed by atoms with Gasteiger partial charge in [-0.1, -0.05) is 11.6 Å². The van der Waals surface area contributed by atoms with E-state index in [1.807, 2.05) is 41.5 Å². The summed E-state index contributed by atoms with van der Waals surface area (Å²) in [5, 5.41) is 4.91. The summed E-state index contributed by atoms with van der Waals surface area (Å²) in [4.78, 5) is 12.0. The molecular formula is C13H22ClN3O2. The number of hydrogen-bond acceptors (Lipinski definition) is 4. The highest BCUT2D eigenvalue weighted by Crippen LogP contribution is 2.23. The summed E-state index contributed by atoms with van der Waals surface area (Å²) >= 11 is 6.09. The Kier molecular flexibility index (Phi) is 4.63. The Balaban J connectivity index is 2.90. The van der Waals surface area contributed by atoms with Crippen LogP contribution >= 0.6 is 11.6 Å². The van der Waals surface area contributed by atoms with E-state index in [1.54, 1.807) is 4.68 Å². The molecular weight excluding hydrogens is 266 g/mol. The minimum atomic E-state index is -0.784. The van der Waals surface area contributed by atoms with Crippen molar-refractivity contribution in [2.75, 3.05) is 0 Å². The molecule has 1 rings (SSSR count). The Morgan fingerprint density at radius 2 is 1.95 bits per heavy atom. The molecule has 0 spiro atoms. The fourth-order valence-electron chi connectivity index (χ4n) is 1.76. The van der Waals surface area contributed by atoms with E-state index in [9.17, 15) is 4.79 Å². The third kappa shape index (κ3) is 3.70. The predicted octanol–water partition coefficient (Wildman–Crippen LogP) is 2.38. The van der Waals surface area contributed by atoms with Crippen molar-refractivity contribution >= 4 is 17.6 Å². The third-order valence-corrected chi connectivity index (χ3v) is 3.37. The number of halogens is 1. The van der Waals surface area contributed by atoms with Gasteiger partial charge in [-0.3, -0.25) is 9.48 Å². The third-order valence-electron chi connectivity index (χ3n) is 2.82. The van der Waals surface area contributed by atoms with Crippen molar-refractivity contribution in [3.63, 3.8) is 0 Å². The number of carbonyl (C=O) groups is 1. The number of esters is 1. The Hall–Kier alpha value is -1.07. The maximum Gasteiger partial charge on any atom is 0.325 e. The summed E-state index contributed by atoms with van der Waals surface area (Å²) in [5.74, 6) is -0.441. The molecule has 0 bridgehead atoms. The van der Waals surface area contributed by atoms with E-state index in [4.69, 9.17) is 22.1 Å². The number of carbonyl (C=O) groups excluding carboxylic acids is 1. The molecule has 0 radical (unpaired) electrons. The van der Waals surface area contributed by atoms with Gasteiger partial charge in [-0.05, 0) is 41.5 Å². The van der Waals surface area contributed by atoms with Crippen LogP contribution in [0.2, 0.25) is 5.02 Å². The Labute approximate surface area is 119 Å². The first-order chi connectivity index (χ1) is 8.54. The number of nitrogens with two attached hydrogens (primary N) is 1. The van der Waals surface area contributed by atoms with Crippen molar-refractivity contribution in [1.82, 2.24) is 9.78 Å². The zero-order valence-electron chi connectivity index (χ0n) is 12.3. The minimum absolute atomic E-state index is 0.318. The fourth-order valence-corrected chi connectivity index (χ4v) is 1.88. The summed E-state index contributed by atoms with van der Waals surface area (Å²) < 4.78 is 6.95. The van der Waals surface area contributed by atoms with Gasteiger partial charge in [0, 0.05) is 0 Å². The first-order valence-electron chi connectivity index (χ1n) is 6.24. The second-order valence-corrected chi connectivity index (χ2v) is 6.11. The van der Waals surface area contributed by atoms with Crippen LogP contribution in [0.25, 0.3) is 0 Å². The van der Waals surface area contributed by atoms with Gasteiger partial charge in [-0.2, -0.15) is 5.10 Å². The first-order valence-corrected chi connectivity index (χ1v) is 6.62. The van der Waals surface area contributed by atoms with Crippen molar-refractivity contribution in [1.29, 1.82) is 0 Å². The molecule has 1 heterocycles. The monoisotopic (exact) mass is 287 g/mol. The van der Waals surface area contributed by atoms with Gasteiger partial charge in [-0.15, -0.1) is 0 Å². The van der Waals surface area contributed by atoms with Gasteiger partial charge in [0.2, 0.25) is 0 Å². The average molecular weight is 288 g/mol. The molecule has 5 nitrogen and oxygen atoms in total. The van der Waals surface area contributed by atoms with Crippen molar-refractivity contribution < 1.29 is 9.53 Å². The number of aryl methyl sites for hydroxylation is 1. The molecule has 0 aromatic carbocycles. The highest BCUT2D eigenvalue weighted by molar-refractivity contribution is 6.31. The van der Waals surface area contributed by atoms with Gasteiger partial charge in [0.05, 0.1) is 22.5 Å². The summed E-state index contributed by atoms with van der Waals surface area (Å²) in [6.07, 6.45) is 0. The molecule has 0 aliphatic heterocycles. The molecule has 0 saturated carbocycles. The molecule has 0 saturated heterocycles. The maximum absolute atomic E-state index is 12.0. The molecule has 1 aromatic rings. The quantitative estimate of drug-likeness (QED) is 0.867. The van der Waals surface area contributed by atoms with Crippen LogP contribution in [0.4, 0.5) is 0 Å². The van der Waals surface area contributed by atoms with E-state index in [1.165, 1.54) is 0 Å². The molecule has 6 heteroatoms. The summed E-state index contributed by atoms with van der Waals surface area (Å²) in [6.45, 7) is 10.9. The van der Waals surface area contributed by atoms with Crippen LogP contribution in [-0.4, -0.2) is 27.4 Å². The topological polar surface area (TPSA) is 70.1 Å². The second-order valence-electron chi connectivity index (χ2n) is 5.73. The van der Waals surface area contributed by atoms with Gasteiger partial charge in [0.15, 0.2) is 0 Å². The second kappa shape index (κ2) is 5.51. The number of nitrogens with zero attached hydrogens (tertiary/aromatic N) is 2. The number of aromatic nitrogens is 2. The van der Waals surface area contributed by atoms with Crippen LogP contribution in [0, 0.1) is 13.8 Å². The molecule has 2 atom stereocenters. The van der Waals surface area contributed by atoms with Crippen molar-refractivity contribution in [2.45, 2.75) is 59.2 Å². The molecule has 108 valence electrons. The molecule has 0 aliphatic rings. The van der Waals surface area contributed by atoms with Crippen LogP contribution in [-0.2, 0) is 9.53 Å². The summed E-state index contributed by atoms with van der Waals surface area (Å²) in [6, 6.07) is -1.10. The normalized spacial score (nSPS) is 15.2. The van der Waals surface area contributed by atoms with Crippen molar-refractivity contribution in [3.8, 4) is 0 Å². The highest BCUT2D eigenvalue weighted by Gasteiger charge is 2.29. The summed E-state index contributed by atoms with van der Waals surface area (Å²) in [5.41, 5.74) is 6.92. The molecule has 19 heavy (non-hydrogen) atoms. The molecule has 0 amide bonds. The lowest BCUT2D eigenvalue weighted by molar-refractivity contribution is -0.157. The first kappa shape index (κ1) is 16.0. The summed E-state index contributed by atoms with van der Waals surface area (Å²) in [7, 11) is 0. The lowest BCUT2D eigenvalue weighted by Crippen LogP contribution is -2.43. The number of rotatable bonds is 3. The zero-order valence-corrected chi connectivity index (χ0v) is 13.1. The van der Waals surface area contributed by atoms with Crippen LogP contribution in [0.1, 0.15) is 45.1 Å². The van der Waals surface area contributed by atoms with E-state index in [0.29, 0.717) is 5.02 Å². The Bertz CT molecular complexity index is 477. The van der Waals surface area contributed by atoms with Crippen molar-refractivity contribution in [2.24, 2.45) is 5.73 Å². The molecule has 0 aliphatic carbocycles. The largest absolute Gasteiger partial charge is 0.459 e. The smallest absolute Gasteiger partial charge is 0.325 e. The minimum Gasteiger partial charge on any atom is -0.459 e. The van der Waals surface area contributed by atoms with Gasteiger partial charge < -0.3 is 10.5 Å². The molecule has 2 unspecified atom stereocenters. The molecule has 0 fully saturated rings. The lowest BCUT2D eigenvalue weighted by Gasteiger charge is -2.25. The zero-order chi connectivity index (χ0) is 15.0. The van der Waals surface area contributed by atoms with Crippen LogP contribution in [0.15, 0.2) is 0 Å². The standard InChI is InChI=1S/C13H22ClN3O2/c1-7-10(14)8(2)17(16-7)9(3)11(15)12(18)19-13(4,5)6/h9,11H,15H2,1-6H3. The van der Waals surface area contributed by atoms with E-state index in [0.717, 1.165) is 11.4 Å². The predicted molar refractivity (Wildman–Crippen MR) is 75.2 cm³/mol. The van der Waals surface area contributed by atoms with E-state index in [2.05, 4.69) is 5.10 Å². The SMILES string of the molecule is Cc1nn(C(C)C(N)C(=O)OC(C)(C)C)c(C)c1Cl. The van der Waals surface area contributed by atoms with Crippen molar-refractivity contribution in [3.05, 3.63) is 16.4 Å². The highest BCUT2D eigenvalue weighted by atomic mass is 35.5. The van der Waals surface area contributed by atoms with Gasteiger partial charge in [-0.25, -0.2) is 0 Å². The van der Waals surface area contributed by atoms with Crippen LogP contribution in [0.5, 0.6) is 0 Å². The van der Waals surface area contributed by atoms with E-state index in [-0.39, 0.29) is 6.04 Å². The number of ether oxygens (including phenoxy) is 1. The molecule has 2 N–H and O–H groups in total. The Morgan fingerprint density at radius 1 is 1.42 bits per heavy atom. The number of hydrogen-bond donors (Lipinski definition) is 1. The fraction of sp³-hybridized carbons (Fsp3) is 0.692. The maximum atomic E-state index is 12.0. The lowest BCUT2D eigenvalue weighted by atomic mass is 10.1. The average Bonchev–Trinajstić information content (AvgIpc) is 2.53. The van der Waals surface area contributed by atoms with E-state index >= 15 is 0 Å². The van der Waals surface area contributed by atoms with Gasteiger partial charge >= 0.3 is 5.97 Å². The van der Waals surface area contributed by atoms with Gasteiger partial charge in [0.25, 0.3) is 0 Å². The van der Waals surface area contributed by atoms with Gasteiger partial charge in [0.1, 0.15) is 11.6 Å². The van der Waals surface area contributed by atoms with Crippen LogP contribution < -0.4 is 5.73 Å².